The minimum absolute atomic E-state index is 0.0874. The molecular formula is C13H26N2O2. The van der Waals surface area contributed by atoms with Crippen LogP contribution in [0.15, 0.2) is 0 Å². The normalized spacial score (nSPS) is 33.4. The predicted octanol–water partition coefficient (Wildman–Crippen LogP) is 0.728. The standard InChI is InChI=1S/C13H26N2O2/c1-2-4-10(14)12(9-16)15-7-8-17-13-6-3-5-11(13)15/h10-13,16H,2-9,14H2,1H3. The molecule has 1 aliphatic heterocycles. The van der Waals surface area contributed by atoms with E-state index >= 15 is 0 Å². The van der Waals surface area contributed by atoms with Crippen LogP contribution in [0.25, 0.3) is 0 Å². The number of rotatable bonds is 5. The Labute approximate surface area is 104 Å². The van der Waals surface area contributed by atoms with Crippen LogP contribution in [0.4, 0.5) is 0 Å². The van der Waals surface area contributed by atoms with E-state index in [0.717, 1.165) is 26.0 Å². The average molecular weight is 242 g/mol. The maximum absolute atomic E-state index is 9.63. The first-order chi connectivity index (χ1) is 8.27. The van der Waals surface area contributed by atoms with Crippen LogP contribution in [0.1, 0.15) is 39.0 Å². The molecule has 4 atom stereocenters. The summed E-state index contributed by atoms with van der Waals surface area (Å²) in [5.41, 5.74) is 6.21. The lowest BCUT2D eigenvalue weighted by Gasteiger charge is -2.44. The lowest BCUT2D eigenvalue weighted by Crippen LogP contribution is -2.59. The van der Waals surface area contributed by atoms with Crippen LogP contribution in [-0.4, -0.2) is 54.0 Å². The van der Waals surface area contributed by atoms with E-state index in [9.17, 15) is 5.11 Å². The second-order valence-electron chi connectivity index (χ2n) is 5.35. The van der Waals surface area contributed by atoms with E-state index in [1.165, 1.54) is 19.3 Å². The number of nitrogens with zero attached hydrogens (tertiary/aromatic N) is 1. The van der Waals surface area contributed by atoms with Gasteiger partial charge in [-0.05, 0) is 25.7 Å². The highest BCUT2D eigenvalue weighted by atomic mass is 16.5. The summed E-state index contributed by atoms with van der Waals surface area (Å²) in [5, 5.41) is 9.63. The van der Waals surface area contributed by atoms with Gasteiger partial charge in [0.15, 0.2) is 0 Å². The smallest absolute Gasteiger partial charge is 0.0731 e. The molecule has 2 aliphatic rings. The van der Waals surface area contributed by atoms with Gasteiger partial charge < -0.3 is 15.6 Å². The van der Waals surface area contributed by atoms with E-state index in [-0.39, 0.29) is 18.7 Å². The molecule has 0 radical (unpaired) electrons. The van der Waals surface area contributed by atoms with Crippen molar-refractivity contribution in [2.45, 2.75) is 63.3 Å². The molecule has 0 aromatic carbocycles. The molecule has 3 N–H and O–H groups in total. The number of aliphatic hydroxyl groups excluding tert-OH is 1. The van der Waals surface area contributed by atoms with Gasteiger partial charge in [-0.25, -0.2) is 0 Å². The highest BCUT2D eigenvalue weighted by molar-refractivity contribution is 4.94. The van der Waals surface area contributed by atoms with Gasteiger partial charge in [0.2, 0.25) is 0 Å². The van der Waals surface area contributed by atoms with Crippen molar-refractivity contribution in [2.75, 3.05) is 19.8 Å². The zero-order valence-electron chi connectivity index (χ0n) is 10.8. The van der Waals surface area contributed by atoms with Crippen LogP contribution < -0.4 is 5.73 Å². The Morgan fingerprint density at radius 2 is 2.29 bits per heavy atom. The summed E-state index contributed by atoms with van der Waals surface area (Å²) in [6.07, 6.45) is 6.05. The number of aliphatic hydroxyl groups is 1. The first kappa shape index (κ1) is 13.3. The van der Waals surface area contributed by atoms with Crippen molar-refractivity contribution >= 4 is 0 Å². The fourth-order valence-electron chi connectivity index (χ4n) is 3.38. The number of nitrogens with two attached hydrogens (primary N) is 1. The molecule has 0 amide bonds. The number of hydrogen-bond acceptors (Lipinski definition) is 4. The van der Waals surface area contributed by atoms with Gasteiger partial charge in [0.05, 0.1) is 19.3 Å². The Kier molecular flexibility index (Phi) is 4.79. The molecule has 1 saturated heterocycles. The predicted molar refractivity (Wildman–Crippen MR) is 67.8 cm³/mol. The molecule has 1 heterocycles. The Morgan fingerprint density at radius 1 is 1.47 bits per heavy atom. The SMILES string of the molecule is CCCC(N)C(CO)N1CCOC2CCCC21. The lowest BCUT2D eigenvalue weighted by molar-refractivity contribution is -0.0829. The molecule has 4 unspecified atom stereocenters. The van der Waals surface area contributed by atoms with E-state index in [1.54, 1.807) is 0 Å². The van der Waals surface area contributed by atoms with Crippen LogP contribution in [0, 0.1) is 0 Å². The lowest BCUT2D eigenvalue weighted by atomic mass is 9.99. The maximum Gasteiger partial charge on any atom is 0.0731 e. The molecule has 0 aromatic heterocycles. The molecule has 2 fully saturated rings. The van der Waals surface area contributed by atoms with Crippen LogP contribution in [0.3, 0.4) is 0 Å². The van der Waals surface area contributed by atoms with Gasteiger partial charge >= 0.3 is 0 Å². The summed E-state index contributed by atoms with van der Waals surface area (Å²) < 4.78 is 5.80. The molecule has 0 bridgehead atoms. The molecule has 0 spiro atoms. The molecule has 0 aromatic rings. The first-order valence-corrected chi connectivity index (χ1v) is 7.01. The second kappa shape index (κ2) is 6.14. The minimum atomic E-state index is 0.0874. The molecule has 17 heavy (non-hydrogen) atoms. The average Bonchev–Trinajstić information content (AvgIpc) is 2.79. The molecule has 100 valence electrons. The van der Waals surface area contributed by atoms with E-state index in [0.29, 0.717) is 12.1 Å². The van der Waals surface area contributed by atoms with Gasteiger partial charge in [-0.3, -0.25) is 4.90 Å². The third-order valence-corrected chi connectivity index (χ3v) is 4.25. The topological polar surface area (TPSA) is 58.7 Å². The first-order valence-electron chi connectivity index (χ1n) is 7.01. The van der Waals surface area contributed by atoms with Crippen molar-refractivity contribution in [3.05, 3.63) is 0 Å². The summed E-state index contributed by atoms with van der Waals surface area (Å²) in [6.45, 7) is 4.02. The van der Waals surface area contributed by atoms with Crippen LogP contribution in [-0.2, 0) is 4.74 Å². The second-order valence-corrected chi connectivity index (χ2v) is 5.35. The van der Waals surface area contributed by atoms with Gasteiger partial charge in [0.1, 0.15) is 0 Å². The third-order valence-electron chi connectivity index (χ3n) is 4.25. The number of ether oxygens (including phenoxy) is 1. The Morgan fingerprint density at radius 3 is 3.00 bits per heavy atom. The molecule has 2 rings (SSSR count). The van der Waals surface area contributed by atoms with E-state index in [4.69, 9.17) is 10.5 Å². The molecule has 1 aliphatic carbocycles. The van der Waals surface area contributed by atoms with Crippen molar-refractivity contribution in [1.82, 2.24) is 4.90 Å². The van der Waals surface area contributed by atoms with Crippen molar-refractivity contribution in [3.63, 3.8) is 0 Å². The van der Waals surface area contributed by atoms with Gasteiger partial charge in [-0.15, -0.1) is 0 Å². The van der Waals surface area contributed by atoms with Crippen LogP contribution in [0.5, 0.6) is 0 Å². The summed E-state index contributed by atoms with van der Waals surface area (Å²) >= 11 is 0. The third kappa shape index (κ3) is 2.81. The Bertz CT molecular complexity index is 237. The van der Waals surface area contributed by atoms with Gasteiger partial charge in [-0.2, -0.15) is 0 Å². The minimum Gasteiger partial charge on any atom is -0.395 e. The zero-order valence-corrected chi connectivity index (χ0v) is 10.8. The summed E-state index contributed by atoms with van der Waals surface area (Å²) in [5.74, 6) is 0. The van der Waals surface area contributed by atoms with Crippen LogP contribution >= 0.6 is 0 Å². The number of hydrogen-bond donors (Lipinski definition) is 2. The largest absolute Gasteiger partial charge is 0.395 e. The van der Waals surface area contributed by atoms with Crippen molar-refractivity contribution in [1.29, 1.82) is 0 Å². The highest BCUT2D eigenvalue weighted by Gasteiger charge is 2.40. The molecular weight excluding hydrogens is 216 g/mol. The maximum atomic E-state index is 9.63. The van der Waals surface area contributed by atoms with Crippen molar-refractivity contribution in [3.8, 4) is 0 Å². The van der Waals surface area contributed by atoms with Crippen LogP contribution in [0.2, 0.25) is 0 Å². The highest BCUT2D eigenvalue weighted by Crippen LogP contribution is 2.31. The fraction of sp³-hybridized carbons (Fsp3) is 1.00. The van der Waals surface area contributed by atoms with E-state index in [2.05, 4.69) is 11.8 Å². The van der Waals surface area contributed by atoms with Crippen molar-refractivity contribution < 1.29 is 9.84 Å². The van der Waals surface area contributed by atoms with Gasteiger partial charge in [0, 0.05) is 24.7 Å². The summed E-state index contributed by atoms with van der Waals surface area (Å²) in [4.78, 5) is 2.42. The molecule has 4 nitrogen and oxygen atoms in total. The Hall–Kier alpha value is -0.160. The number of fused-ring (bicyclic) bond motifs is 1. The summed E-state index contributed by atoms with van der Waals surface area (Å²) in [6, 6.07) is 0.692. The van der Waals surface area contributed by atoms with Crippen molar-refractivity contribution in [2.24, 2.45) is 5.73 Å². The van der Waals surface area contributed by atoms with E-state index < -0.39 is 0 Å². The number of morpholine rings is 1. The monoisotopic (exact) mass is 242 g/mol. The molecule has 4 heteroatoms. The fourth-order valence-corrected chi connectivity index (χ4v) is 3.38. The zero-order chi connectivity index (χ0) is 12.3. The summed E-state index contributed by atoms with van der Waals surface area (Å²) in [7, 11) is 0. The van der Waals surface area contributed by atoms with E-state index in [1.807, 2.05) is 0 Å². The Balaban J connectivity index is 2.01. The van der Waals surface area contributed by atoms with Gasteiger partial charge in [0.25, 0.3) is 0 Å². The molecule has 1 saturated carbocycles. The quantitative estimate of drug-likeness (QED) is 0.746. The van der Waals surface area contributed by atoms with Gasteiger partial charge in [-0.1, -0.05) is 13.3 Å².